The van der Waals surface area contributed by atoms with E-state index in [0.29, 0.717) is 5.82 Å². The molecule has 1 aliphatic rings. The summed E-state index contributed by atoms with van der Waals surface area (Å²) >= 11 is 0. The summed E-state index contributed by atoms with van der Waals surface area (Å²) in [6.07, 6.45) is 2.60. The topological polar surface area (TPSA) is 72.2 Å². The molecule has 0 spiro atoms. The predicted octanol–water partition coefficient (Wildman–Crippen LogP) is 4.25. The van der Waals surface area contributed by atoms with E-state index in [1.807, 2.05) is 96.4 Å². The number of aliphatic imine (C=N–C) groups is 1. The Morgan fingerprint density at radius 2 is 1.59 bits per heavy atom. The number of hydrogen-bond acceptors (Lipinski definition) is 4. The fraction of sp³-hybridized carbons (Fsp3) is 0.0769. The van der Waals surface area contributed by atoms with Gasteiger partial charge in [0, 0.05) is 17.2 Å². The van der Waals surface area contributed by atoms with Crippen LogP contribution in [-0.2, 0) is 4.79 Å². The van der Waals surface area contributed by atoms with Gasteiger partial charge >= 0.3 is 0 Å². The van der Waals surface area contributed by atoms with E-state index in [4.69, 9.17) is 4.99 Å². The van der Waals surface area contributed by atoms with Gasteiger partial charge in [0.2, 0.25) is 5.91 Å². The monoisotopic (exact) mass is 419 g/mol. The lowest BCUT2D eigenvalue weighted by Gasteiger charge is -2.13. The molecule has 1 amide bonds. The molecule has 1 unspecified atom stereocenters. The van der Waals surface area contributed by atoms with E-state index in [-0.39, 0.29) is 5.91 Å². The van der Waals surface area contributed by atoms with Gasteiger partial charge in [0.25, 0.3) is 0 Å². The van der Waals surface area contributed by atoms with Gasteiger partial charge in [-0.05, 0) is 24.6 Å². The SMILES string of the molecule is Cc1nnc2n1-c1ccccc1C(c1ccccc1)=NC2NC(=O)/C=C/c1ccccc1. The fourth-order valence-electron chi connectivity index (χ4n) is 3.82. The van der Waals surface area contributed by atoms with E-state index < -0.39 is 6.17 Å². The van der Waals surface area contributed by atoms with Crippen LogP contribution in [0.1, 0.15) is 34.5 Å². The quantitative estimate of drug-likeness (QED) is 0.503. The minimum Gasteiger partial charge on any atom is -0.324 e. The van der Waals surface area contributed by atoms with Crippen LogP contribution in [0.3, 0.4) is 0 Å². The molecule has 0 aliphatic carbocycles. The average molecular weight is 419 g/mol. The second kappa shape index (κ2) is 8.43. The number of carbonyl (C=O) groups excluding carboxylic acids is 1. The molecule has 32 heavy (non-hydrogen) atoms. The minimum absolute atomic E-state index is 0.256. The number of rotatable bonds is 4. The van der Waals surface area contributed by atoms with Gasteiger partial charge in [-0.25, -0.2) is 0 Å². The molecule has 6 heteroatoms. The van der Waals surface area contributed by atoms with Crippen LogP contribution in [-0.4, -0.2) is 26.4 Å². The molecule has 4 aromatic rings. The molecule has 156 valence electrons. The molecule has 2 heterocycles. The van der Waals surface area contributed by atoms with Crippen LogP contribution in [0, 0.1) is 6.92 Å². The van der Waals surface area contributed by atoms with Crippen molar-refractivity contribution in [3.05, 3.63) is 119 Å². The minimum atomic E-state index is -0.688. The molecule has 6 nitrogen and oxygen atoms in total. The lowest BCUT2D eigenvalue weighted by molar-refractivity contribution is -0.117. The molecule has 3 aromatic carbocycles. The molecule has 0 radical (unpaired) electrons. The maximum absolute atomic E-state index is 12.8. The first-order chi connectivity index (χ1) is 15.7. The van der Waals surface area contributed by atoms with Crippen molar-refractivity contribution in [3.63, 3.8) is 0 Å². The van der Waals surface area contributed by atoms with Crippen LogP contribution in [0.4, 0.5) is 0 Å². The highest BCUT2D eigenvalue weighted by Gasteiger charge is 2.28. The van der Waals surface area contributed by atoms with Gasteiger partial charge in [-0.1, -0.05) is 78.9 Å². The molecule has 1 aromatic heterocycles. The molecule has 0 fully saturated rings. The van der Waals surface area contributed by atoms with Crippen LogP contribution >= 0.6 is 0 Å². The molecule has 1 N–H and O–H groups in total. The summed E-state index contributed by atoms with van der Waals surface area (Å²) in [5, 5.41) is 11.6. The number of fused-ring (bicyclic) bond motifs is 3. The number of amides is 1. The summed E-state index contributed by atoms with van der Waals surface area (Å²) in [5.41, 5.74) is 4.60. The number of carbonyl (C=O) groups is 1. The number of nitrogens with zero attached hydrogens (tertiary/aromatic N) is 4. The lowest BCUT2D eigenvalue weighted by Crippen LogP contribution is -2.28. The summed E-state index contributed by atoms with van der Waals surface area (Å²) in [7, 11) is 0. The zero-order chi connectivity index (χ0) is 21.9. The van der Waals surface area contributed by atoms with Gasteiger partial charge < -0.3 is 5.32 Å². The van der Waals surface area contributed by atoms with Gasteiger partial charge in [-0.3, -0.25) is 14.4 Å². The largest absolute Gasteiger partial charge is 0.324 e. The standard InChI is InChI=1S/C26H21N5O/c1-18-29-30-26-25(27-23(32)17-16-19-10-4-2-5-11-19)28-24(20-12-6-3-7-13-20)21-14-8-9-15-22(21)31(18)26/h2-17,25H,1H3,(H,27,32)/b17-16+. The number of benzene rings is 3. The Morgan fingerprint density at radius 1 is 0.906 bits per heavy atom. The van der Waals surface area contributed by atoms with Gasteiger partial charge in [0.05, 0.1) is 11.4 Å². The maximum Gasteiger partial charge on any atom is 0.245 e. The van der Waals surface area contributed by atoms with Crippen molar-refractivity contribution in [2.75, 3.05) is 0 Å². The molecule has 1 aliphatic heterocycles. The molecular formula is C26H21N5O. The Balaban J connectivity index is 1.58. The van der Waals surface area contributed by atoms with E-state index in [9.17, 15) is 4.79 Å². The lowest BCUT2D eigenvalue weighted by atomic mass is 10.0. The Hall–Kier alpha value is -4.32. The maximum atomic E-state index is 12.8. The zero-order valence-corrected chi connectivity index (χ0v) is 17.5. The van der Waals surface area contributed by atoms with Crippen molar-refractivity contribution in [2.45, 2.75) is 13.1 Å². The zero-order valence-electron chi connectivity index (χ0n) is 17.5. The summed E-state index contributed by atoms with van der Waals surface area (Å²) in [6.45, 7) is 1.90. The smallest absolute Gasteiger partial charge is 0.245 e. The summed E-state index contributed by atoms with van der Waals surface area (Å²) < 4.78 is 1.96. The van der Waals surface area contributed by atoms with Gasteiger partial charge in [-0.2, -0.15) is 0 Å². The Labute approximate surface area is 186 Å². The van der Waals surface area contributed by atoms with E-state index >= 15 is 0 Å². The van der Waals surface area contributed by atoms with Crippen LogP contribution < -0.4 is 5.32 Å². The molecule has 0 bridgehead atoms. The normalized spacial score (nSPS) is 14.9. The highest BCUT2D eigenvalue weighted by atomic mass is 16.1. The van der Waals surface area contributed by atoms with E-state index in [1.165, 1.54) is 6.08 Å². The number of aryl methyl sites for hydroxylation is 1. The Kier molecular flexibility index (Phi) is 5.17. The average Bonchev–Trinajstić information content (AvgIpc) is 3.16. The van der Waals surface area contributed by atoms with Crippen molar-refractivity contribution in [2.24, 2.45) is 4.99 Å². The third-order valence-electron chi connectivity index (χ3n) is 5.31. The molecule has 1 atom stereocenters. The predicted molar refractivity (Wildman–Crippen MR) is 125 cm³/mol. The third kappa shape index (κ3) is 3.74. The summed E-state index contributed by atoms with van der Waals surface area (Å²) in [5.74, 6) is 1.05. The highest BCUT2D eigenvalue weighted by Crippen LogP contribution is 2.29. The molecule has 0 saturated carbocycles. The second-order valence-corrected chi connectivity index (χ2v) is 7.46. The summed E-state index contributed by atoms with van der Waals surface area (Å²) in [4.78, 5) is 17.8. The van der Waals surface area contributed by atoms with Gasteiger partial charge in [-0.15, -0.1) is 10.2 Å². The third-order valence-corrected chi connectivity index (χ3v) is 5.31. The Morgan fingerprint density at radius 3 is 2.38 bits per heavy atom. The molecule has 0 saturated heterocycles. The number of nitrogens with one attached hydrogen (secondary N) is 1. The van der Waals surface area contributed by atoms with Crippen molar-refractivity contribution < 1.29 is 4.79 Å². The van der Waals surface area contributed by atoms with Crippen LogP contribution in [0.5, 0.6) is 0 Å². The Bertz CT molecular complexity index is 1320. The molecule has 5 rings (SSSR count). The fourth-order valence-corrected chi connectivity index (χ4v) is 3.82. The molecular weight excluding hydrogens is 398 g/mol. The number of para-hydroxylation sites is 1. The van der Waals surface area contributed by atoms with Crippen molar-refractivity contribution in [1.82, 2.24) is 20.1 Å². The van der Waals surface area contributed by atoms with E-state index in [0.717, 1.165) is 33.9 Å². The highest BCUT2D eigenvalue weighted by molar-refractivity contribution is 6.15. The van der Waals surface area contributed by atoms with Crippen LogP contribution in [0.2, 0.25) is 0 Å². The van der Waals surface area contributed by atoms with Crippen molar-refractivity contribution >= 4 is 17.7 Å². The van der Waals surface area contributed by atoms with Crippen LogP contribution in [0.25, 0.3) is 11.8 Å². The van der Waals surface area contributed by atoms with E-state index in [1.54, 1.807) is 6.08 Å². The van der Waals surface area contributed by atoms with Crippen molar-refractivity contribution in [1.29, 1.82) is 0 Å². The van der Waals surface area contributed by atoms with Crippen LogP contribution in [0.15, 0.2) is 96.0 Å². The number of aromatic nitrogens is 3. The van der Waals surface area contributed by atoms with Crippen molar-refractivity contribution in [3.8, 4) is 5.69 Å². The summed E-state index contributed by atoms with van der Waals surface area (Å²) in [6, 6.07) is 27.7. The second-order valence-electron chi connectivity index (χ2n) is 7.46. The van der Waals surface area contributed by atoms with Gasteiger partial charge in [0.15, 0.2) is 12.0 Å². The first-order valence-corrected chi connectivity index (χ1v) is 10.4. The first-order valence-electron chi connectivity index (χ1n) is 10.4. The first kappa shape index (κ1) is 19.6. The van der Waals surface area contributed by atoms with E-state index in [2.05, 4.69) is 15.5 Å². The number of hydrogen-bond donors (Lipinski definition) is 1. The van der Waals surface area contributed by atoms with Gasteiger partial charge in [0.1, 0.15) is 5.82 Å².